The Kier molecular flexibility index (Phi) is 4.35. The summed E-state index contributed by atoms with van der Waals surface area (Å²) in [6.07, 6.45) is -2.98. The number of alkyl halides is 3. The van der Waals surface area contributed by atoms with Crippen LogP contribution in [0.15, 0.2) is 48.7 Å². The molecule has 0 fully saturated rings. The number of pyridine rings is 1. The molecule has 0 aliphatic rings. The van der Waals surface area contributed by atoms with Gasteiger partial charge in [0.1, 0.15) is 5.75 Å². The van der Waals surface area contributed by atoms with E-state index in [9.17, 15) is 18.0 Å². The largest absolute Gasteiger partial charge is 0.573 e. The molecule has 1 amide bonds. The molecule has 0 unspecified atom stereocenters. The number of amides is 1. The van der Waals surface area contributed by atoms with Gasteiger partial charge < -0.3 is 10.1 Å². The first-order valence-corrected chi connectivity index (χ1v) is 7.40. The van der Waals surface area contributed by atoms with Gasteiger partial charge in [-0.05, 0) is 36.8 Å². The third-order valence-corrected chi connectivity index (χ3v) is 3.55. The second kappa shape index (κ2) is 6.46. The number of benzene rings is 1. The van der Waals surface area contributed by atoms with Gasteiger partial charge in [0.15, 0.2) is 0 Å². The van der Waals surface area contributed by atoms with Crippen molar-refractivity contribution in [3.8, 4) is 5.75 Å². The van der Waals surface area contributed by atoms with E-state index in [1.54, 1.807) is 23.7 Å². The summed E-state index contributed by atoms with van der Waals surface area (Å²) < 4.78 is 41.8. The maximum Gasteiger partial charge on any atom is 0.573 e. The first-order chi connectivity index (χ1) is 11.8. The smallest absolute Gasteiger partial charge is 0.406 e. The molecule has 130 valence electrons. The zero-order valence-corrected chi connectivity index (χ0v) is 13.2. The minimum absolute atomic E-state index is 0.175. The Morgan fingerprint density at radius 3 is 2.60 bits per heavy atom. The van der Waals surface area contributed by atoms with Crippen LogP contribution in [0.2, 0.25) is 0 Å². The first-order valence-electron chi connectivity index (χ1n) is 7.40. The molecule has 0 aliphatic heterocycles. The molecule has 5 nitrogen and oxygen atoms in total. The molecule has 1 aromatic carbocycles. The third-order valence-electron chi connectivity index (χ3n) is 3.55. The molecular weight excluding hydrogens is 335 g/mol. The fraction of sp³-hybridized carbons (Fsp3) is 0.176. The Balaban J connectivity index is 1.69. The second-order valence-corrected chi connectivity index (χ2v) is 5.37. The molecule has 3 rings (SSSR count). The van der Waals surface area contributed by atoms with Gasteiger partial charge in [-0.3, -0.25) is 4.79 Å². The highest BCUT2D eigenvalue weighted by molar-refractivity contribution is 6.01. The zero-order chi connectivity index (χ0) is 18.0. The molecule has 3 aromatic rings. The van der Waals surface area contributed by atoms with Crippen molar-refractivity contribution in [1.29, 1.82) is 0 Å². The monoisotopic (exact) mass is 349 g/mol. The number of hydrogen-bond acceptors (Lipinski definition) is 3. The summed E-state index contributed by atoms with van der Waals surface area (Å²) in [5.74, 6) is -0.602. The van der Waals surface area contributed by atoms with Gasteiger partial charge in [0, 0.05) is 12.7 Å². The molecule has 0 saturated heterocycles. The normalized spacial score (nSPS) is 11.5. The lowest BCUT2D eigenvalue weighted by molar-refractivity contribution is -0.274. The maximum atomic E-state index is 12.4. The van der Waals surface area contributed by atoms with Crippen molar-refractivity contribution in [3.63, 3.8) is 0 Å². The van der Waals surface area contributed by atoms with Crippen molar-refractivity contribution in [3.05, 3.63) is 65.5 Å². The Hall–Kier alpha value is -3.03. The predicted molar refractivity (Wildman–Crippen MR) is 84.2 cm³/mol. The van der Waals surface area contributed by atoms with Crippen molar-refractivity contribution in [1.82, 2.24) is 14.9 Å². The SMILES string of the molecule is Cc1nn2ccccc2c1C(=O)NCc1ccc(OC(F)(F)F)cc1. The molecule has 2 aromatic heterocycles. The van der Waals surface area contributed by atoms with Crippen LogP contribution in [-0.4, -0.2) is 21.9 Å². The Bertz CT molecular complexity index is 902. The van der Waals surface area contributed by atoms with Gasteiger partial charge in [0.2, 0.25) is 0 Å². The molecule has 25 heavy (non-hydrogen) atoms. The maximum absolute atomic E-state index is 12.4. The third kappa shape index (κ3) is 3.90. The quantitative estimate of drug-likeness (QED) is 0.785. The topological polar surface area (TPSA) is 55.6 Å². The van der Waals surface area contributed by atoms with Gasteiger partial charge >= 0.3 is 6.36 Å². The predicted octanol–water partition coefficient (Wildman–Crippen LogP) is 3.47. The van der Waals surface area contributed by atoms with Crippen LogP contribution in [0.3, 0.4) is 0 Å². The van der Waals surface area contributed by atoms with E-state index in [4.69, 9.17) is 0 Å². The standard InChI is InChI=1S/C17H14F3N3O2/c1-11-15(14-4-2-3-9-23(14)22-11)16(24)21-10-12-5-7-13(8-6-12)25-17(18,19)20/h2-9H,10H2,1H3,(H,21,24). The van der Waals surface area contributed by atoms with E-state index in [2.05, 4.69) is 15.2 Å². The number of fused-ring (bicyclic) bond motifs is 1. The molecule has 0 aliphatic carbocycles. The molecule has 0 bridgehead atoms. The van der Waals surface area contributed by atoms with Crippen LogP contribution in [0.4, 0.5) is 13.2 Å². The number of carbonyl (C=O) groups excluding carboxylic acids is 1. The van der Waals surface area contributed by atoms with E-state index in [0.717, 1.165) is 0 Å². The number of carbonyl (C=O) groups is 1. The molecule has 0 atom stereocenters. The van der Waals surface area contributed by atoms with Crippen LogP contribution in [0.5, 0.6) is 5.75 Å². The van der Waals surface area contributed by atoms with Crippen molar-refractivity contribution in [2.45, 2.75) is 19.8 Å². The summed E-state index contributed by atoms with van der Waals surface area (Å²) in [6, 6.07) is 10.7. The fourth-order valence-corrected chi connectivity index (χ4v) is 2.48. The summed E-state index contributed by atoms with van der Waals surface area (Å²) >= 11 is 0. The first kappa shape index (κ1) is 16.8. The van der Waals surface area contributed by atoms with Gasteiger partial charge in [-0.25, -0.2) is 4.52 Å². The minimum Gasteiger partial charge on any atom is -0.406 e. The van der Waals surface area contributed by atoms with Crippen LogP contribution in [0.1, 0.15) is 21.6 Å². The van der Waals surface area contributed by atoms with Gasteiger partial charge in [-0.2, -0.15) is 5.10 Å². The van der Waals surface area contributed by atoms with Crippen molar-refractivity contribution >= 4 is 11.4 Å². The lowest BCUT2D eigenvalue weighted by Gasteiger charge is -2.09. The number of hydrogen-bond donors (Lipinski definition) is 1. The summed E-state index contributed by atoms with van der Waals surface area (Å²) in [5, 5.41) is 7.01. The molecule has 8 heteroatoms. The van der Waals surface area contributed by atoms with Gasteiger partial charge in [-0.15, -0.1) is 13.2 Å². The number of rotatable bonds is 4. The van der Waals surface area contributed by atoms with Crippen LogP contribution >= 0.6 is 0 Å². The van der Waals surface area contributed by atoms with Gasteiger partial charge in [0.05, 0.1) is 16.8 Å². The minimum atomic E-state index is -4.73. The average molecular weight is 349 g/mol. The molecule has 1 N–H and O–H groups in total. The average Bonchev–Trinajstić information content (AvgIpc) is 2.88. The summed E-state index contributed by atoms with van der Waals surface area (Å²) in [6.45, 7) is 1.92. The molecule has 0 saturated carbocycles. The summed E-state index contributed by atoms with van der Waals surface area (Å²) in [5.41, 5.74) is 2.40. The second-order valence-electron chi connectivity index (χ2n) is 5.37. The Morgan fingerprint density at radius 1 is 1.20 bits per heavy atom. The van der Waals surface area contributed by atoms with E-state index in [1.165, 1.54) is 24.3 Å². The Morgan fingerprint density at radius 2 is 1.92 bits per heavy atom. The van der Waals surface area contributed by atoms with Crippen molar-refractivity contribution in [2.75, 3.05) is 0 Å². The number of aryl methyl sites for hydroxylation is 1. The highest BCUT2D eigenvalue weighted by Gasteiger charge is 2.30. The highest BCUT2D eigenvalue weighted by Crippen LogP contribution is 2.22. The number of nitrogens with zero attached hydrogens (tertiary/aromatic N) is 2. The molecular formula is C17H14F3N3O2. The molecule has 0 spiro atoms. The van der Waals surface area contributed by atoms with Crippen molar-refractivity contribution < 1.29 is 22.7 Å². The highest BCUT2D eigenvalue weighted by atomic mass is 19.4. The van der Waals surface area contributed by atoms with E-state index in [0.29, 0.717) is 22.3 Å². The fourth-order valence-electron chi connectivity index (χ4n) is 2.48. The van der Waals surface area contributed by atoms with E-state index in [-0.39, 0.29) is 18.2 Å². The lowest BCUT2D eigenvalue weighted by Crippen LogP contribution is -2.23. The van der Waals surface area contributed by atoms with Gasteiger partial charge in [0.25, 0.3) is 5.91 Å². The molecule has 2 heterocycles. The number of ether oxygens (including phenoxy) is 1. The molecule has 0 radical (unpaired) electrons. The van der Waals surface area contributed by atoms with Crippen LogP contribution in [0, 0.1) is 6.92 Å². The summed E-state index contributed by atoms with van der Waals surface area (Å²) in [4.78, 5) is 12.4. The number of halogens is 3. The van der Waals surface area contributed by atoms with Crippen LogP contribution in [0.25, 0.3) is 5.52 Å². The van der Waals surface area contributed by atoms with E-state index < -0.39 is 6.36 Å². The van der Waals surface area contributed by atoms with Crippen LogP contribution < -0.4 is 10.1 Å². The van der Waals surface area contributed by atoms with Crippen molar-refractivity contribution in [2.24, 2.45) is 0 Å². The lowest BCUT2D eigenvalue weighted by atomic mass is 10.1. The van der Waals surface area contributed by atoms with Crippen LogP contribution in [-0.2, 0) is 6.54 Å². The number of aromatic nitrogens is 2. The van der Waals surface area contributed by atoms with E-state index >= 15 is 0 Å². The van der Waals surface area contributed by atoms with Gasteiger partial charge in [-0.1, -0.05) is 18.2 Å². The van der Waals surface area contributed by atoms with E-state index in [1.807, 2.05) is 12.1 Å². The zero-order valence-electron chi connectivity index (χ0n) is 13.2. The summed E-state index contributed by atoms with van der Waals surface area (Å²) in [7, 11) is 0. The number of nitrogens with one attached hydrogen (secondary N) is 1. The Labute approximate surface area is 141 Å².